The molecule has 0 unspecified atom stereocenters. The van der Waals surface area contributed by atoms with Gasteiger partial charge in [0, 0.05) is 6.42 Å². The van der Waals surface area contributed by atoms with Crippen molar-refractivity contribution in [2.45, 2.75) is 38.4 Å². The van der Waals surface area contributed by atoms with E-state index in [0.717, 1.165) is 12.8 Å². The second kappa shape index (κ2) is 4.58. The first-order valence-corrected chi connectivity index (χ1v) is 4.68. The van der Waals surface area contributed by atoms with Gasteiger partial charge < -0.3 is 14.6 Å². The van der Waals surface area contributed by atoms with Gasteiger partial charge in [-0.2, -0.15) is 0 Å². The highest BCUT2D eigenvalue weighted by molar-refractivity contribution is 5.67. The van der Waals surface area contributed by atoms with Gasteiger partial charge in [-0.15, -0.1) is 0 Å². The van der Waals surface area contributed by atoms with E-state index in [-0.39, 0.29) is 6.42 Å². The van der Waals surface area contributed by atoms with E-state index >= 15 is 0 Å². The van der Waals surface area contributed by atoms with Crippen LogP contribution in [0.1, 0.15) is 32.6 Å². The van der Waals surface area contributed by atoms with Gasteiger partial charge in [0.25, 0.3) is 0 Å². The minimum Gasteiger partial charge on any atom is -0.481 e. The highest BCUT2D eigenvalue weighted by Gasteiger charge is 2.36. The Morgan fingerprint density at radius 1 is 1.46 bits per heavy atom. The van der Waals surface area contributed by atoms with Crippen molar-refractivity contribution in [2.75, 3.05) is 13.2 Å². The Bertz CT molecular complexity index is 167. The standard InChI is InChI=1S/C9H16O4/c1-2-4-9(7-8(10)11)12-5-3-6-13-9/h2-7H2,1H3,(H,10,11). The number of aliphatic carboxylic acids is 1. The molecule has 76 valence electrons. The van der Waals surface area contributed by atoms with Gasteiger partial charge in [0.05, 0.1) is 19.6 Å². The summed E-state index contributed by atoms with van der Waals surface area (Å²) in [5, 5.41) is 8.70. The lowest BCUT2D eigenvalue weighted by atomic mass is 10.1. The summed E-state index contributed by atoms with van der Waals surface area (Å²) in [7, 11) is 0. The third-order valence-electron chi connectivity index (χ3n) is 2.07. The lowest BCUT2D eigenvalue weighted by Gasteiger charge is -2.35. The van der Waals surface area contributed by atoms with E-state index in [1.807, 2.05) is 6.92 Å². The smallest absolute Gasteiger partial charge is 0.308 e. The van der Waals surface area contributed by atoms with Crippen LogP contribution in [0.5, 0.6) is 0 Å². The van der Waals surface area contributed by atoms with Gasteiger partial charge in [-0.25, -0.2) is 0 Å². The Labute approximate surface area is 77.8 Å². The molecule has 0 radical (unpaired) electrons. The molecule has 0 aromatic rings. The lowest BCUT2D eigenvalue weighted by Crippen LogP contribution is -2.42. The van der Waals surface area contributed by atoms with Crippen molar-refractivity contribution in [3.63, 3.8) is 0 Å². The van der Waals surface area contributed by atoms with Gasteiger partial charge in [-0.05, 0) is 6.42 Å². The summed E-state index contributed by atoms with van der Waals surface area (Å²) in [5.74, 6) is -1.71. The van der Waals surface area contributed by atoms with E-state index < -0.39 is 11.8 Å². The molecular formula is C9H16O4. The summed E-state index contributed by atoms with van der Waals surface area (Å²) in [4.78, 5) is 10.6. The van der Waals surface area contributed by atoms with Crippen LogP contribution in [0.15, 0.2) is 0 Å². The Morgan fingerprint density at radius 3 is 2.54 bits per heavy atom. The first kappa shape index (κ1) is 10.5. The molecule has 1 fully saturated rings. The maximum absolute atomic E-state index is 10.6. The van der Waals surface area contributed by atoms with Gasteiger partial charge in [-0.1, -0.05) is 13.3 Å². The number of carboxylic acids is 1. The molecule has 0 aliphatic carbocycles. The van der Waals surface area contributed by atoms with E-state index in [1.54, 1.807) is 0 Å². The summed E-state index contributed by atoms with van der Waals surface area (Å²) >= 11 is 0. The SMILES string of the molecule is CCCC1(CC(=O)O)OCCCO1. The van der Waals surface area contributed by atoms with Gasteiger partial charge in [-0.3, -0.25) is 4.79 Å². The monoisotopic (exact) mass is 188 g/mol. The number of hydrogen-bond donors (Lipinski definition) is 1. The minimum absolute atomic E-state index is 0.0547. The largest absolute Gasteiger partial charge is 0.481 e. The lowest BCUT2D eigenvalue weighted by molar-refractivity contribution is -0.272. The molecule has 13 heavy (non-hydrogen) atoms. The van der Waals surface area contributed by atoms with E-state index in [2.05, 4.69) is 0 Å². The second-order valence-corrected chi connectivity index (χ2v) is 3.28. The number of carboxylic acid groups (broad SMARTS) is 1. The highest BCUT2D eigenvalue weighted by Crippen LogP contribution is 2.27. The van der Waals surface area contributed by atoms with Crippen LogP contribution in [0.25, 0.3) is 0 Å². The second-order valence-electron chi connectivity index (χ2n) is 3.28. The van der Waals surface area contributed by atoms with Crippen LogP contribution in [0.4, 0.5) is 0 Å². The molecule has 1 aliphatic heterocycles. The van der Waals surface area contributed by atoms with Crippen molar-refractivity contribution < 1.29 is 19.4 Å². The summed E-state index contributed by atoms with van der Waals surface area (Å²) in [5.41, 5.74) is 0. The van der Waals surface area contributed by atoms with Gasteiger partial charge in [0.2, 0.25) is 0 Å². The van der Waals surface area contributed by atoms with E-state index in [4.69, 9.17) is 14.6 Å². The van der Waals surface area contributed by atoms with E-state index in [0.29, 0.717) is 19.6 Å². The maximum Gasteiger partial charge on any atom is 0.308 e. The molecule has 0 aromatic heterocycles. The van der Waals surface area contributed by atoms with Gasteiger partial charge in [0.1, 0.15) is 0 Å². The van der Waals surface area contributed by atoms with Crippen molar-refractivity contribution in [1.29, 1.82) is 0 Å². The molecule has 0 amide bonds. The van der Waals surface area contributed by atoms with E-state index in [9.17, 15) is 4.79 Å². The first-order valence-electron chi connectivity index (χ1n) is 4.68. The summed E-state index contributed by atoms with van der Waals surface area (Å²) in [6, 6.07) is 0. The normalized spacial score (nSPS) is 21.3. The Balaban J connectivity index is 2.55. The van der Waals surface area contributed by atoms with Crippen molar-refractivity contribution in [1.82, 2.24) is 0 Å². The fraction of sp³-hybridized carbons (Fsp3) is 0.889. The fourth-order valence-electron chi connectivity index (χ4n) is 1.56. The van der Waals surface area contributed by atoms with Crippen LogP contribution in [-0.4, -0.2) is 30.1 Å². The Kier molecular flexibility index (Phi) is 3.69. The molecule has 1 heterocycles. The van der Waals surface area contributed by atoms with Crippen molar-refractivity contribution in [3.8, 4) is 0 Å². The third kappa shape index (κ3) is 2.97. The topological polar surface area (TPSA) is 55.8 Å². The minimum atomic E-state index is -0.865. The van der Waals surface area contributed by atoms with Crippen molar-refractivity contribution in [2.24, 2.45) is 0 Å². The zero-order chi connectivity index (χ0) is 9.73. The van der Waals surface area contributed by atoms with Crippen molar-refractivity contribution in [3.05, 3.63) is 0 Å². The van der Waals surface area contributed by atoms with Crippen LogP contribution in [0, 0.1) is 0 Å². The molecule has 1 rings (SSSR count). The average molecular weight is 188 g/mol. The molecule has 1 aliphatic rings. The van der Waals surface area contributed by atoms with Crippen LogP contribution >= 0.6 is 0 Å². The Hall–Kier alpha value is -0.610. The fourth-order valence-corrected chi connectivity index (χ4v) is 1.56. The molecule has 0 atom stereocenters. The summed E-state index contributed by atoms with van der Waals surface area (Å²) in [6.07, 6.45) is 2.32. The highest BCUT2D eigenvalue weighted by atomic mass is 16.7. The van der Waals surface area contributed by atoms with Crippen LogP contribution in [-0.2, 0) is 14.3 Å². The average Bonchev–Trinajstić information content (AvgIpc) is 2.04. The molecular weight excluding hydrogens is 172 g/mol. The summed E-state index contributed by atoms with van der Waals surface area (Å²) < 4.78 is 10.8. The molecule has 4 heteroatoms. The summed E-state index contributed by atoms with van der Waals surface area (Å²) in [6.45, 7) is 3.20. The van der Waals surface area contributed by atoms with E-state index in [1.165, 1.54) is 0 Å². The zero-order valence-corrected chi connectivity index (χ0v) is 7.91. The number of ether oxygens (including phenoxy) is 2. The van der Waals surface area contributed by atoms with Crippen LogP contribution < -0.4 is 0 Å². The van der Waals surface area contributed by atoms with Gasteiger partial charge in [0.15, 0.2) is 5.79 Å². The molecule has 0 aromatic carbocycles. The number of rotatable bonds is 4. The first-order chi connectivity index (χ1) is 6.18. The third-order valence-corrected chi connectivity index (χ3v) is 2.07. The van der Waals surface area contributed by atoms with Crippen LogP contribution in [0.3, 0.4) is 0 Å². The zero-order valence-electron chi connectivity index (χ0n) is 7.91. The van der Waals surface area contributed by atoms with Crippen molar-refractivity contribution >= 4 is 5.97 Å². The molecule has 1 saturated heterocycles. The quantitative estimate of drug-likeness (QED) is 0.724. The Morgan fingerprint density at radius 2 is 2.08 bits per heavy atom. The predicted molar refractivity (Wildman–Crippen MR) is 46.4 cm³/mol. The van der Waals surface area contributed by atoms with Gasteiger partial charge >= 0.3 is 5.97 Å². The maximum atomic E-state index is 10.6. The number of hydrogen-bond acceptors (Lipinski definition) is 3. The predicted octanol–water partition coefficient (Wildman–Crippen LogP) is 1.39. The molecule has 0 spiro atoms. The number of carbonyl (C=O) groups is 1. The molecule has 1 N–H and O–H groups in total. The molecule has 0 bridgehead atoms. The molecule has 0 saturated carbocycles. The molecule has 4 nitrogen and oxygen atoms in total. The van der Waals surface area contributed by atoms with Crippen LogP contribution in [0.2, 0.25) is 0 Å².